The minimum Gasteiger partial charge on any atom is -0.494 e. The number of hydrogen-bond acceptors (Lipinski definition) is 6. The molecule has 3 heterocycles. The van der Waals surface area contributed by atoms with Gasteiger partial charge in [0.15, 0.2) is 0 Å². The highest BCUT2D eigenvalue weighted by atomic mass is 32.1. The number of amides is 1. The molecule has 0 radical (unpaired) electrons. The lowest BCUT2D eigenvalue weighted by molar-refractivity contribution is -0.125. The van der Waals surface area contributed by atoms with Gasteiger partial charge in [0, 0.05) is 25.2 Å². The van der Waals surface area contributed by atoms with E-state index in [1.807, 2.05) is 29.8 Å². The summed E-state index contributed by atoms with van der Waals surface area (Å²) >= 11 is 1.58. The molecule has 1 N–H and O–H groups in total. The molecule has 1 unspecified atom stereocenters. The molecule has 0 bridgehead atoms. The van der Waals surface area contributed by atoms with E-state index in [1.54, 1.807) is 11.3 Å². The molecule has 1 aliphatic heterocycles. The number of benzene rings is 2. The topological polar surface area (TPSA) is 71.8 Å². The van der Waals surface area contributed by atoms with Gasteiger partial charge in [-0.05, 0) is 50.8 Å². The van der Waals surface area contributed by atoms with Crippen molar-refractivity contribution < 1.29 is 9.53 Å². The molecule has 8 heteroatoms. The van der Waals surface area contributed by atoms with Gasteiger partial charge in [0.1, 0.15) is 5.75 Å². The van der Waals surface area contributed by atoms with E-state index in [0.717, 1.165) is 52.9 Å². The summed E-state index contributed by atoms with van der Waals surface area (Å²) in [5.74, 6) is 0.982. The Balaban J connectivity index is 1.16. The lowest BCUT2D eigenvalue weighted by Gasteiger charge is -2.31. The van der Waals surface area contributed by atoms with Crippen molar-refractivity contribution in [2.75, 3.05) is 31.1 Å². The molecule has 0 saturated carbocycles. The fourth-order valence-corrected chi connectivity index (χ4v) is 5.36. The van der Waals surface area contributed by atoms with Crippen LogP contribution in [0.2, 0.25) is 0 Å². The van der Waals surface area contributed by atoms with Crippen LogP contribution >= 0.6 is 11.3 Å². The highest BCUT2D eigenvalue weighted by molar-refractivity contribution is 7.20. The lowest BCUT2D eigenvalue weighted by atomic mass is 9.97. The van der Waals surface area contributed by atoms with Crippen LogP contribution in [0.3, 0.4) is 0 Å². The number of imidazole rings is 1. The Bertz CT molecular complexity index is 1250. The second kappa shape index (κ2) is 10.5. The summed E-state index contributed by atoms with van der Waals surface area (Å²) in [6, 6.07) is 16.4. The van der Waals surface area contributed by atoms with Crippen molar-refractivity contribution in [1.82, 2.24) is 19.9 Å². The number of aryl methyl sites for hydroxylation is 1. The number of carbonyl (C=O) groups excluding carboxylic acids is 1. The van der Waals surface area contributed by atoms with Gasteiger partial charge >= 0.3 is 0 Å². The summed E-state index contributed by atoms with van der Waals surface area (Å²) in [5, 5.41) is 8.83. The third-order valence-corrected chi connectivity index (χ3v) is 7.37. The van der Waals surface area contributed by atoms with Crippen LogP contribution < -0.4 is 15.0 Å². The van der Waals surface area contributed by atoms with Crippen LogP contribution in [-0.2, 0) is 11.2 Å². The van der Waals surface area contributed by atoms with Crippen molar-refractivity contribution in [3.8, 4) is 17.0 Å². The number of ether oxygens (including phenoxy) is 1. The predicted octanol–water partition coefficient (Wildman–Crippen LogP) is 4.74. The van der Waals surface area contributed by atoms with Crippen molar-refractivity contribution in [3.05, 3.63) is 65.9 Å². The third kappa shape index (κ3) is 5.48. The first-order valence-electron chi connectivity index (χ1n) is 12.3. The molecular weight excluding hydrogens is 458 g/mol. The minimum atomic E-state index is -0.0246. The van der Waals surface area contributed by atoms with Crippen molar-refractivity contribution in [1.29, 1.82) is 0 Å². The SMILES string of the molecule is CCOc1ccc(CCNC(=O)C2CCCN(c3nn4cc(-c5ccc(C)cc5)nc4s3)C2)cc1. The molecule has 4 aromatic rings. The second-order valence-electron chi connectivity index (χ2n) is 9.01. The van der Waals surface area contributed by atoms with Gasteiger partial charge in [-0.2, -0.15) is 0 Å². The summed E-state index contributed by atoms with van der Waals surface area (Å²) < 4.78 is 7.35. The van der Waals surface area contributed by atoms with Crippen molar-refractivity contribution >= 4 is 27.3 Å². The molecule has 1 fully saturated rings. The second-order valence-corrected chi connectivity index (χ2v) is 9.94. The van der Waals surface area contributed by atoms with Gasteiger partial charge in [-0.1, -0.05) is 53.3 Å². The van der Waals surface area contributed by atoms with Gasteiger partial charge < -0.3 is 15.0 Å². The number of piperidine rings is 1. The maximum absolute atomic E-state index is 12.9. The quantitative estimate of drug-likeness (QED) is 0.387. The number of fused-ring (bicyclic) bond motifs is 1. The maximum atomic E-state index is 12.9. The summed E-state index contributed by atoms with van der Waals surface area (Å²) in [7, 11) is 0. The summed E-state index contributed by atoms with van der Waals surface area (Å²) in [6.07, 6.45) is 4.68. The number of nitrogens with one attached hydrogen (secondary N) is 1. The molecule has 2 aromatic heterocycles. The van der Waals surface area contributed by atoms with E-state index in [-0.39, 0.29) is 11.8 Å². The number of carbonyl (C=O) groups is 1. The molecule has 1 atom stereocenters. The number of hydrogen-bond donors (Lipinski definition) is 1. The van der Waals surface area contributed by atoms with E-state index >= 15 is 0 Å². The molecule has 0 aliphatic carbocycles. The van der Waals surface area contributed by atoms with Gasteiger partial charge in [0.25, 0.3) is 0 Å². The Hall–Kier alpha value is -3.39. The van der Waals surface area contributed by atoms with Crippen molar-refractivity contribution in [3.63, 3.8) is 0 Å². The van der Waals surface area contributed by atoms with Crippen LogP contribution in [0.4, 0.5) is 5.13 Å². The standard InChI is InChI=1S/C27H31N5O2S/c1-3-34-23-12-8-20(9-13-23)14-15-28-25(33)22-5-4-16-31(17-22)27-30-32-18-24(29-26(32)35-27)21-10-6-19(2)7-11-21/h6-13,18,22H,3-5,14-17H2,1-2H3,(H,28,33). The molecule has 0 spiro atoms. The highest BCUT2D eigenvalue weighted by Gasteiger charge is 2.27. The average Bonchev–Trinajstić information content (AvgIpc) is 3.46. The number of rotatable bonds is 8. The third-order valence-electron chi connectivity index (χ3n) is 6.39. The zero-order chi connectivity index (χ0) is 24.2. The Morgan fingerprint density at radius 1 is 1.17 bits per heavy atom. The van der Waals surface area contributed by atoms with Gasteiger partial charge in [0.2, 0.25) is 16.0 Å². The van der Waals surface area contributed by atoms with Gasteiger partial charge in [-0.15, -0.1) is 5.10 Å². The molecule has 1 amide bonds. The first kappa shape index (κ1) is 23.4. The molecular formula is C27H31N5O2S. The van der Waals surface area contributed by atoms with Crippen molar-refractivity contribution in [2.24, 2.45) is 5.92 Å². The van der Waals surface area contributed by atoms with Gasteiger partial charge in [-0.3, -0.25) is 4.79 Å². The fourth-order valence-electron chi connectivity index (χ4n) is 4.44. The van der Waals surface area contributed by atoms with Crippen LogP contribution in [-0.4, -0.2) is 46.7 Å². The fraction of sp³-hybridized carbons (Fsp3) is 0.370. The van der Waals surface area contributed by atoms with E-state index in [2.05, 4.69) is 53.5 Å². The zero-order valence-corrected chi connectivity index (χ0v) is 21.1. The average molecular weight is 490 g/mol. The Morgan fingerprint density at radius 3 is 2.71 bits per heavy atom. The monoisotopic (exact) mass is 489 g/mol. The van der Waals surface area contributed by atoms with Crippen molar-refractivity contribution in [2.45, 2.75) is 33.1 Å². The lowest BCUT2D eigenvalue weighted by Crippen LogP contribution is -2.43. The van der Waals surface area contributed by atoms with E-state index in [0.29, 0.717) is 19.7 Å². The summed E-state index contributed by atoms with van der Waals surface area (Å²) in [4.78, 5) is 20.7. The summed E-state index contributed by atoms with van der Waals surface area (Å²) in [5.41, 5.74) is 4.44. The molecule has 5 rings (SSSR count). The van der Waals surface area contributed by atoms with E-state index in [9.17, 15) is 4.79 Å². The largest absolute Gasteiger partial charge is 0.494 e. The first-order valence-corrected chi connectivity index (χ1v) is 13.1. The van der Waals surface area contributed by atoms with Crippen LogP contribution in [0.15, 0.2) is 54.7 Å². The van der Waals surface area contributed by atoms with Crippen LogP contribution in [0, 0.1) is 12.8 Å². The predicted molar refractivity (Wildman–Crippen MR) is 140 cm³/mol. The van der Waals surface area contributed by atoms with E-state index in [1.165, 1.54) is 11.1 Å². The zero-order valence-electron chi connectivity index (χ0n) is 20.2. The minimum absolute atomic E-state index is 0.0246. The van der Waals surface area contributed by atoms with Crippen LogP contribution in [0.25, 0.3) is 16.2 Å². The number of nitrogens with zero attached hydrogens (tertiary/aromatic N) is 4. The van der Waals surface area contributed by atoms with E-state index in [4.69, 9.17) is 14.8 Å². The molecule has 7 nitrogen and oxygen atoms in total. The highest BCUT2D eigenvalue weighted by Crippen LogP contribution is 2.30. The van der Waals surface area contributed by atoms with Gasteiger partial charge in [0.05, 0.1) is 24.4 Å². The normalized spacial score (nSPS) is 15.9. The number of aromatic nitrogens is 3. The molecule has 35 heavy (non-hydrogen) atoms. The first-order chi connectivity index (χ1) is 17.1. The summed E-state index contributed by atoms with van der Waals surface area (Å²) in [6.45, 7) is 6.96. The number of anilines is 1. The molecule has 1 aliphatic rings. The molecule has 1 saturated heterocycles. The van der Waals surface area contributed by atoms with Crippen LogP contribution in [0.1, 0.15) is 30.9 Å². The van der Waals surface area contributed by atoms with E-state index < -0.39 is 0 Å². The Kier molecular flexibility index (Phi) is 6.99. The Morgan fingerprint density at radius 2 is 1.97 bits per heavy atom. The van der Waals surface area contributed by atoms with Crippen LogP contribution in [0.5, 0.6) is 5.75 Å². The smallest absolute Gasteiger partial charge is 0.224 e. The molecule has 182 valence electrons. The molecule has 2 aromatic carbocycles. The maximum Gasteiger partial charge on any atom is 0.224 e. The van der Waals surface area contributed by atoms with Gasteiger partial charge in [-0.25, -0.2) is 9.50 Å². The Labute approximate surface area is 209 Å².